The zero-order valence-corrected chi connectivity index (χ0v) is 8.09. The minimum atomic E-state index is 0.370. The Morgan fingerprint density at radius 1 is 1.23 bits per heavy atom. The van der Waals surface area contributed by atoms with Crippen LogP contribution in [0.4, 0.5) is 0 Å². The van der Waals surface area contributed by atoms with Gasteiger partial charge >= 0.3 is 0 Å². The molecule has 0 radical (unpaired) electrons. The van der Waals surface area contributed by atoms with Crippen molar-refractivity contribution in [1.82, 2.24) is 0 Å². The Morgan fingerprint density at radius 2 is 1.69 bits per heavy atom. The molecule has 0 saturated heterocycles. The smallest absolute Gasteiger partial charge is 0.157 e. The number of carbonyl (C=O) groups excluding carboxylic acids is 1. The van der Waals surface area contributed by atoms with Crippen molar-refractivity contribution in [1.29, 1.82) is 0 Å². The van der Waals surface area contributed by atoms with E-state index in [4.69, 9.17) is 21.1 Å². The molecule has 0 aromatic heterocycles. The number of hydrogen-bond acceptors (Lipinski definition) is 3. The van der Waals surface area contributed by atoms with Gasteiger partial charge in [0.15, 0.2) is 6.29 Å². The second kappa shape index (κ2) is 4.14. The molecule has 0 saturated carbocycles. The lowest BCUT2D eigenvalue weighted by atomic mass is 10.2. The van der Waals surface area contributed by atoms with Crippen LogP contribution in [0.1, 0.15) is 10.4 Å². The van der Waals surface area contributed by atoms with Gasteiger partial charge in [0.1, 0.15) is 11.5 Å². The van der Waals surface area contributed by atoms with Crippen LogP contribution in [-0.4, -0.2) is 20.5 Å². The molecular weight excluding hydrogens is 192 g/mol. The number of carbonyl (C=O) groups is 1. The van der Waals surface area contributed by atoms with E-state index in [0.717, 1.165) is 0 Å². The van der Waals surface area contributed by atoms with Crippen LogP contribution in [-0.2, 0) is 0 Å². The molecule has 0 heterocycles. The number of methoxy groups -OCH3 is 2. The second-order valence-electron chi connectivity index (χ2n) is 2.34. The molecular formula is C9H9ClO3. The van der Waals surface area contributed by atoms with E-state index < -0.39 is 0 Å². The monoisotopic (exact) mass is 200 g/mol. The molecule has 0 N–H and O–H groups in total. The van der Waals surface area contributed by atoms with E-state index in [1.165, 1.54) is 14.2 Å². The van der Waals surface area contributed by atoms with Crippen molar-refractivity contribution in [3.05, 3.63) is 22.7 Å². The van der Waals surface area contributed by atoms with Crippen LogP contribution in [0.2, 0.25) is 5.02 Å². The van der Waals surface area contributed by atoms with E-state index in [9.17, 15) is 4.79 Å². The Hall–Kier alpha value is -1.22. The molecule has 0 fully saturated rings. The zero-order valence-electron chi connectivity index (χ0n) is 7.33. The summed E-state index contributed by atoms with van der Waals surface area (Å²) in [6, 6.07) is 3.13. The van der Waals surface area contributed by atoms with Crippen molar-refractivity contribution in [2.24, 2.45) is 0 Å². The molecule has 1 rings (SSSR count). The summed E-state index contributed by atoms with van der Waals surface area (Å²) in [5.41, 5.74) is 0.370. The predicted octanol–water partition coefficient (Wildman–Crippen LogP) is 2.17. The molecule has 0 spiro atoms. The summed E-state index contributed by atoms with van der Waals surface area (Å²) < 4.78 is 9.93. The van der Waals surface area contributed by atoms with Gasteiger partial charge in [0, 0.05) is 5.02 Å². The van der Waals surface area contributed by atoms with Crippen molar-refractivity contribution in [2.75, 3.05) is 14.2 Å². The number of rotatable bonds is 3. The van der Waals surface area contributed by atoms with E-state index in [1.54, 1.807) is 12.1 Å². The van der Waals surface area contributed by atoms with Crippen molar-refractivity contribution in [3.63, 3.8) is 0 Å². The summed E-state index contributed by atoms with van der Waals surface area (Å²) in [6.07, 6.45) is 0.675. The molecule has 4 heteroatoms. The molecule has 3 nitrogen and oxygen atoms in total. The fraction of sp³-hybridized carbons (Fsp3) is 0.222. The lowest BCUT2D eigenvalue weighted by molar-refractivity contribution is 0.111. The molecule has 70 valence electrons. The maximum absolute atomic E-state index is 10.7. The number of benzene rings is 1. The number of ether oxygens (including phenoxy) is 2. The molecule has 0 amide bonds. The third kappa shape index (κ3) is 1.92. The summed E-state index contributed by atoms with van der Waals surface area (Å²) >= 11 is 5.76. The van der Waals surface area contributed by atoms with E-state index in [0.29, 0.717) is 28.4 Å². The quantitative estimate of drug-likeness (QED) is 0.702. The molecule has 0 aliphatic heterocycles. The van der Waals surface area contributed by atoms with E-state index in [1.807, 2.05) is 0 Å². The Morgan fingerprint density at radius 3 is 2.00 bits per heavy atom. The summed E-state index contributed by atoms with van der Waals surface area (Å²) in [5.74, 6) is 0.832. The summed E-state index contributed by atoms with van der Waals surface area (Å²) in [7, 11) is 2.94. The van der Waals surface area contributed by atoms with Gasteiger partial charge < -0.3 is 9.47 Å². The lowest BCUT2D eigenvalue weighted by Gasteiger charge is -2.08. The van der Waals surface area contributed by atoms with Gasteiger partial charge in [-0.2, -0.15) is 0 Å². The van der Waals surface area contributed by atoms with Gasteiger partial charge in [-0.25, -0.2) is 0 Å². The van der Waals surface area contributed by atoms with Gasteiger partial charge in [-0.05, 0) is 12.1 Å². The first-order valence-corrected chi connectivity index (χ1v) is 3.97. The van der Waals surface area contributed by atoms with Crippen LogP contribution >= 0.6 is 11.6 Å². The van der Waals surface area contributed by atoms with Crippen LogP contribution in [0.25, 0.3) is 0 Å². The molecule has 0 bridgehead atoms. The van der Waals surface area contributed by atoms with Crippen LogP contribution in [0, 0.1) is 0 Å². The topological polar surface area (TPSA) is 35.5 Å². The van der Waals surface area contributed by atoms with Gasteiger partial charge in [-0.15, -0.1) is 0 Å². The van der Waals surface area contributed by atoms with Gasteiger partial charge in [0.2, 0.25) is 0 Å². The molecule has 13 heavy (non-hydrogen) atoms. The molecule has 1 aromatic rings. The molecule has 0 aliphatic rings. The maximum Gasteiger partial charge on any atom is 0.157 e. The Balaban J connectivity index is 3.33. The molecule has 0 unspecified atom stereocenters. The van der Waals surface area contributed by atoms with E-state index >= 15 is 0 Å². The van der Waals surface area contributed by atoms with Crippen LogP contribution in [0.5, 0.6) is 11.5 Å². The Bertz CT molecular complexity index is 298. The first kappa shape index (κ1) is 9.86. The fourth-order valence-electron chi connectivity index (χ4n) is 1.02. The highest BCUT2D eigenvalue weighted by molar-refractivity contribution is 6.31. The van der Waals surface area contributed by atoms with Crippen LogP contribution < -0.4 is 9.47 Å². The average molecular weight is 201 g/mol. The molecule has 0 aliphatic carbocycles. The first-order valence-electron chi connectivity index (χ1n) is 3.59. The normalized spacial score (nSPS) is 9.46. The van der Waals surface area contributed by atoms with Gasteiger partial charge in [0.05, 0.1) is 19.8 Å². The SMILES string of the molecule is COc1cc(Cl)cc(OC)c1C=O. The highest BCUT2D eigenvalue weighted by Crippen LogP contribution is 2.30. The number of halogens is 1. The third-order valence-electron chi connectivity index (χ3n) is 1.63. The lowest BCUT2D eigenvalue weighted by Crippen LogP contribution is -1.95. The Labute approximate surface area is 81.2 Å². The highest BCUT2D eigenvalue weighted by Gasteiger charge is 2.10. The standard InChI is InChI=1S/C9H9ClO3/c1-12-8-3-6(10)4-9(13-2)7(8)5-11/h3-5H,1-2H3. The summed E-state index contributed by atoms with van der Waals surface area (Å²) in [6.45, 7) is 0. The van der Waals surface area contributed by atoms with Crippen LogP contribution in [0.3, 0.4) is 0 Å². The second-order valence-corrected chi connectivity index (χ2v) is 2.78. The Kier molecular flexibility index (Phi) is 3.14. The summed E-state index contributed by atoms with van der Waals surface area (Å²) in [4.78, 5) is 10.7. The number of hydrogen-bond donors (Lipinski definition) is 0. The largest absolute Gasteiger partial charge is 0.496 e. The zero-order chi connectivity index (χ0) is 9.84. The van der Waals surface area contributed by atoms with Crippen molar-refractivity contribution in [2.45, 2.75) is 0 Å². The number of aldehydes is 1. The van der Waals surface area contributed by atoms with Crippen LogP contribution in [0.15, 0.2) is 12.1 Å². The maximum atomic E-state index is 10.7. The summed E-state index contributed by atoms with van der Waals surface area (Å²) in [5, 5.41) is 0.472. The highest BCUT2D eigenvalue weighted by atomic mass is 35.5. The van der Waals surface area contributed by atoms with Gasteiger partial charge in [-0.3, -0.25) is 4.79 Å². The fourth-order valence-corrected chi connectivity index (χ4v) is 1.22. The van der Waals surface area contributed by atoms with E-state index in [2.05, 4.69) is 0 Å². The predicted molar refractivity (Wildman–Crippen MR) is 49.9 cm³/mol. The van der Waals surface area contributed by atoms with Crippen molar-refractivity contribution >= 4 is 17.9 Å². The third-order valence-corrected chi connectivity index (χ3v) is 1.84. The average Bonchev–Trinajstić information content (AvgIpc) is 2.16. The minimum Gasteiger partial charge on any atom is -0.496 e. The van der Waals surface area contributed by atoms with Gasteiger partial charge in [0.25, 0.3) is 0 Å². The molecule has 0 atom stereocenters. The molecule has 1 aromatic carbocycles. The minimum absolute atomic E-state index is 0.370. The van der Waals surface area contributed by atoms with E-state index in [-0.39, 0.29) is 0 Å². The van der Waals surface area contributed by atoms with Crippen molar-refractivity contribution in [3.8, 4) is 11.5 Å². The first-order chi connectivity index (χ1) is 6.22. The van der Waals surface area contributed by atoms with Gasteiger partial charge in [-0.1, -0.05) is 11.6 Å². The van der Waals surface area contributed by atoms with Crippen molar-refractivity contribution < 1.29 is 14.3 Å².